The predicted octanol–water partition coefficient (Wildman–Crippen LogP) is 4.88. The maximum Gasteiger partial charge on any atom is 0.307 e. The van der Waals surface area contributed by atoms with Crippen molar-refractivity contribution in [2.75, 3.05) is 0 Å². The van der Waals surface area contributed by atoms with Gasteiger partial charge in [-0.1, -0.05) is 74.0 Å². The fraction of sp³-hybridized carbons (Fsp3) is 0.143. The monoisotopic (exact) mass is 332 g/mol. The van der Waals surface area contributed by atoms with Gasteiger partial charge in [0.15, 0.2) is 5.76 Å². The lowest BCUT2D eigenvalue weighted by atomic mass is 10.1. The smallest absolute Gasteiger partial charge is 0.307 e. The maximum atomic E-state index is 12.3. The molecule has 4 heteroatoms. The van der Waals surface area contributed by atoms with Gasteiger partial charge in [-0.2, -0.15) is 5.10 Å². The Morgan fingerprint density at radius 1 is 0.960 bits per heavy atom. The summed E-state index contributed by atoms with van der Waals surface area (Å²) in [6, 6.07) is 23.0. The third-order valence-corrected chi connectivity index (χ3v) is 3.77. The average molecular weight is 332 g/mol. The molecule has 1 aromatic heterocycles. The standard InChI is InChI=1S/C21H20N2O2/c1-2-9-18(16-10-5-3-6-11-16)22-23-21(24)20-15-14-19(25-20)17-12-7-4-8-13-17/h3-8,10-15H,2,9H2,1H3,(H,23,24). The molecule has 0 saturated heterocycles. The van der Waals surface area contributed by atoms with Crippen molar-refractivity contribution in [1.82, 2.24) is 5.43 Å². The van der Waals surface area contributed by atoms with Crippen molar-refractivity contribution in [3.05, 3.63) is 84.1 Å². The first-order valence-electron chi connectivity index (χ1n) is 8.35. The van der Waals surface area contributed by atoms with E-state index in [0.29, 0.717) is 5.76 Å². The molecular formula is C21H20N2O2. The largest absolute Gasteiger partial charge is 0.451 e. The first-order chi connectivity index (χ1) is 12.3. The van der Waals surface area contributed by atoms with Crippen molar-refractivity contribution in [3.8, 4) is 11.3 Å². The molecule has 0 radical (unpaired) electrons. The molecular weight excluding hydrogens is 312 g/mol. The van der Waals surface area contributed by atoms with Crippen LogP contribution < -0.4 is 5.43 Å². The lowest BCUT2D eigenvalue weighted by molar-refractivity contribution is 0.0928. The van der Waals surface area contributed by atoms with E-state index in [1.807, 2.05) is 60.7 Å². The zero-order chi connectivity index (χ0) is 17.5. The second-order valence-electron chi connectivity index (χ2n) is 5.65. The van der Waals surface area contributed by atoms with Gasteiger partial charge in [0.05, 0.1) is 5.71 Å². The molecule has 25 heavy (non-hydrogen) atoms. The summed E-state index contributed by atoms with van der Waals surface area (Å²) in [5.74, 6) is 0.546. The molecule has 1 N–H and O–H groups in total. The predicted molar refractivity (Wildman–Crippen MR) is 99.5 cm³/mol. The second-order valence-corrected chi connectivity index (χ2v) is 5.65. The fourth-order valence-corrected chi connectivity index (χ4v) is 2.52. The summed E-state index contributed by atoms with van der Waals surface area (Å²) in [6.07, 6.45) is 1.74. The third kappa shape index (κ3) is 4.23. The van der Waals surface area contributed by atoms with Crippen molar-refractivity contribution >= 4 is 11.6 Å². The topological polar surface area (TPSA) is 54.6 Å². The van der Waals surface area contributed by atoms with Gasteiger partial charge in [-0.05, 0) is 24.1 Å². The summed E-state index contributed by atoms with van der Waals surface area (Å²) in [6.45, 7) is 2.08. The summed E-state index contributed by atoms with van der Waals surface area (Å²) in [4.78, 5) is 12.3. The second kappa shape index (κ2) is 8.11. The Bertz CT molecular complexity index is 852. The van der Waals surface area contributed by atoms with Crippen LogP contribution in [0.5, 0.6) is 0 Å². The fourth-order valence-electron chi connectivity index (χ4n) is 2.52. The van der Waals surface area contributed by atoms with Crippen LogP contribution in [0.15, 0.2) is 82.3 Å². The molecule has 0 unspecified atom stereocenters. The number of hydrogen-bond donors (Lipinski definition) is 1. The van der Waals surface area contributed by atoms with Crippen molar-refractivity contribution in [2.45, 2.75) is 19.8 Å². The van der Waals surface area contributed by atoms with Crippen LogP contribution in [0, 0.1) is 0 Å². The highest BCUT2D eigenvalue weighted by molar-refractivity contribution is 6.01. The Kier molecular flexibility index (Phi) is 5.42. The molecule has 0 fully saturated rings. The molecule has 0 bridgehead atoms. The molecule has 0 aliphatic carbocycles. The van der Waals surface area contributed by atoms with Crippen LogP contribution in [0.4, 0.5) is 0 Å². The molecule has 1 amide bonds. The van der Waals surface area contributed by atoms with E-state index in [4.69, 9.17) is 4.42 Å². The first kappa shape index (κ1) is 16.7. The van der Waals surface area contributed by atoms with Crippen LogP contribution in [-0.4, -0.2) is 11.6 Å². The van der Waals surface area contributed by atoms with Gasteiger partial charge >= 0.3 is 5.91 Å². The highest BCUT2D eigenvalue weighted by Crippen LogP contribution is 2.21. The van der Waals surface area contributed by atoms with Gasteiger partial charge in [-0.25, -0.2) is 5.43 Å². The molecule has 0 spiro atoms. The number of hydrogen-bond acceptors (Lipinski definition) is 3. The van der Waals surface area contributed by atoms with E-state index in [2.05, 4.69) is 17.5 Å². The molecule has 0 saturated carbocycles. The highest BCUT2D eigenvalue weighted by Gasteiger charge is 2.12. The number of nitrogens with zero attached hydrogens (tertiary/aromatic N) is 1. The van der Waals surface area contributed by atoms with Crippen molar-refractivity contribution in [1.29, 1.82) is 0 Å². The van der Waals surface area contributed by atoms with Gasteiger partial charge in [0.1, 0.15) is 5.76 Å². The van der Waals surface area contributed by atoms with Crippen LogP contribution in [0.1, 0.15) is 35.9 Å². The zero-order valence-corrected chi connectivity index (χ0v) is 14.1. The van der Waals surface area contributed by atoms with E-state index in [1.54, 1.807) is 12.1 Å². The number of amides is 1. The lowest BCUT2D eigenvalue weighted by Gasteiger charge is -2.05. The van der Waals surface area contributed by atoms with Gasteiger partial charge in [-0.3, -0.25) is 4.79 Å². The number of carbonyl (C=O) groups excluding carboxylic acids is 1. The van der Waals surface area contributed by atoms with Gasteiger partial charge in [0, 0.05) is 5.56 Å². The highest BCUT2D eigenvalue weighted by atomic mass is 16.4. The summed E-state index contributed by atoms with van der Waals surface area (Å²) < 4.78 is 5.65. The van der Waals surface area contributed by atoms with Crippen molar-refractivity contribution < 1.29 is 9.21 Å². The quantitative estimate of drug-likeness (QED) is 0.516. The van der Waals surface area contributed by atoms with E-state index in [0.717, 1.165) is 29.7 Å². The Morgan fingerprint density at radius 2 is 1.64 bits per heavy atom. The average Bonchev–Trinajstić information content (AvgIpc) is 3.16. The maximum absolute atomic E-state index is 12.3. The summed E-state index contributed by atoms with van der Waals surface area (Å²) in [7, 11) is 0. The van der Waals surface area contributed by atoms with Crippen LogP contribution in [0.25, 0.3) is 11.3 Å². The third-order valence-electron chi connectivity index (χ3n) is 3.77. The molecule has 2 aromatic carbocycles. The number of nitrogens with one attached hydrogen (secondary N) is 1. The number of hydrazone groups is 1. The number of furan rings is 1. The van der Waals surface area contributed by atoms with Crippen LogP contribution >= 0.6 is 0 Å². The summed E-state index contributed by atoms with van der Waals surface area (Å²) in [5.41, 5.74) is 5.40. The van der Waals surface area contributed by atoms with Crippen molar-refractivity contribution in [3.63, 3.8) is 0 Å². The van der Waals surface area contributed by atoms with E-state index in [1.165, 1.54) is 0 Å². The normalized spacial score (nSPS) is 11.3. The van der Waals surface area contributed by atoms with E-state index in [-0.39, 0.29) is 11.7 Å². The molecule has 4 nitrogen and oxygen atoms in total. The Labute approximate surface area is 147 Å². The molecule has 3 rings (SSSR count). The van der Waals surface area contributed by atoms with Crippen molar-refractivity contribution in [2.24, 2.45) is 5.10 Å². The summed E-state index contributed by atoms with van der Waals surface area (Å²) >= 11 is 0. The van der Waals surface area contributed by atoms with Gasteiger partial charge in [-0.15, -0.1) is 0 Å². The van der Waals surface area contributed by atoms with Crippen LogP contribution in [0.2, 0.25) is 0 Å². The summed E-state index contributed by atoms with van der Waals surface area (Å²) in [5, 5.41) is 4.30. The molecule has 0 aliphatic rings. The minimum atomic E-state index is -0.355. The van der Waals surface area contributed by atoms with E-state index in [9.17, 15) is 4.79 Å². The van der Waals surface area contributed by atoms with Gasteiger partial charge in [0.25, 0.3) is 0 Å². The number of carbonyl (C=O) groups is 1. The zero-order valence-electron chi connectivity index (χ0n) is 14.1. The minimum Gasteiger partial charge on any atom is -0.451 e. The van der Waals surface area contributed by atoms with Crippen LogP contribution in [0.3, 0.4) is 0 Å². The first-order valence-corrected chi connectivity index (χ1v) is 8.35. The number of rotatable bonds is 6. The molecule has 0 atom stereocenters. The number of benzene rings is 2. The lowest BCUT2D eigenvalue weighted by Crippen LogP contribution is -2.19. The minimum absolute atomic E-state index is 0.242. The molecule has 126 valence electrons. The Morgan fingerprint density at radius 3 is 2.32 bits per heavy atom. The van der Waals surface area contributed by atoms with E-state index < -0.39 is 0 Å². The molecule has 0 aliphatic heterocycles. The molecule has 1 heterocycles. The van der Waals surface area contributed by atoms with Gasteiger partial charge < -0.3 is 4.42 Å². The Balaban J connectivity index is 1.74. The van der Waals surface area contributed by atoms with Gasteiger partial charge in [0.2, 0.25) is 0 Å². The van der Waals surface area contributed by atoms with Crippen LogP contribution in [-0.2, 0) is 0 Å². The SMILES string of the molecule is CCCC(=NNC(=O)c1ccc(-c2ccccc2)o1)c1ccccc1. The Hall–Kier alpha value is -3.14. The van der Waals surface area contributed by atoms with E-state index >= 15 is 0 Å². The molecule has 3 aromatic rings.